The highest BCUT2D eigenvalue weighted by atomic mass is 16.2. The summed E-state index contributed by atoms with van der Waals surface area (Å²) in [7, 11) is 1.62. The van der Waals surface area contributed by atoms with Crippen LogP contribution in [0, 0.1) is 5.92 Å². The number of aryl methyl sites for hydroxylation is 1. The number of rotatable bonds is 5. The van der Waals surface area contributed by atoms with Crippen molar-refractivity contribution < 1.29 is 9.59 Å². The number of nitrogens with zero attached hydrogens (tertiary/aromatic N) is 2. The van der Waals surface area contributed by atoms with Gasteiger partial charge in [0.1, 0.15) is 0 Å². The molecule has 1 fully saturated rings. The van der Waals surface area contributed by atoms with E-state index in [0.29, 0.717) is 31.6 Å². The molecule has 6 nitrogen and oxygen atoms in total. The standard InChI is InChI=1S/C20H23N3O3/c1-22-13-17(7-8-18(22)24)20(26)23-12-10-16(14-23)19(25)21-11-9-15-5-3-2-4-6-15/h2-8,13,16H,9-12,14H2,1H3,(H,21,25)/t16-/m0/s1. The molecule has 1 aromatic heterocycles. The van der Waals surface area contributed by atoms with E-state index in [1.54, 1.807) is 11.9 Å². The molecule has 0 radical (unpaired) electrons. The number of amides is 2. The topological polar surface area (TPSA) is 71.4 Å². The fraction of sp³-hybridized carbons (Fsp3) is 0.350. The molecule has 1 aliphatic heterocycles. The molecular formula is C20H23N3O3. The Morgan fingerprint density at radius 1 is 1.15 bits per heavy atom. The Hall–Kier alpha value is -2.89. The fourth-order valence-electron chi connectivity index (χ4n) is 3.18. The van der Waals surface area contributed by atoms with Gasteiger partial charge in [-0.1, -0.05) is 30.3 Å². The molecule has 3 rings (SSSR count). The quantitative estimate of drug-likeness (QED) is 0.878. The number of carbonyl (C=O) groups excluding carboxylic acids is 2. The largest absolute Gasteiger partial charge is 0.355 e. The van der Waals surface area contributed by atoms with Gasteiger partial charge in [-0.25, -0.2) is 0 Å². The Balaban J connectivity index is 1.51. The predicted octanol–water partition coefficient (Wildman–Crippen LogP) is 1.21. The van der Waals surface area contributed by atoms with E-state index in [0.717, 1.165) is 6.42 Å². The fourth-order valence-corrected chi connectivity index (χ4v) is 3.18. The summed E-state index contributed by atoms with van der Waals surface area (Å²) in [6, 6.07) is 12.9. The van der Waals surface area contributed by atoms with Crippen LogP contribution in [0.3, 0.4) is 0 Å². The van der Waals surface area contributed by atoms with Gasteiger partial charge in [-0.05, 0) is 24.5 Å². The summed E-state index contributed by atoms with van der Waals surface area (Å²) in [6.07, 6.45) is 2.99. The van der Waals surface area contributed by atoms with Crippen LogP contribution in [0.25, 0.3) is 0 Å². The smallest absolute Gasteiger partial charge is 0.255 e. The minimum Gasteiger partial charge on any atom is -0.355 e. The van der Waals surface area contributed by atoms with E-state index in [1.165, 1.54) is 28.5 Å². The minimum atomic E-state index is -0.178. The zero-order valence-electron chi connectivity index (χ0n) is 14.9. The third kappa shape index (κ3) is 4.20. The monoisotopic (exact) mass is 353 g/mol. The van der Waals surface area contributed by atoms with Gasteiger partial charge >= 0.3 is 0 Å². The molecule has 0 saturated carbocycles. The highest BCUT2D eigenvalue weighted by molar-refractivity contribution is 5.94. The van der Waals surface area contributed by atoms with Gasteiger partial charge in [0.25, 0.3) is 5.91 Å². The van der Waals surface area contributed by atoms with Crippen molar-refractivity contribution in [1.82, 2.24) is 14.8 Å². The number of benzene rings is 1. The first kappa shape index (κ1) is 17.9. The van der Waals surface area contributed by atoms with Crippen LogP contribution in [0.2, 0.25) is 0 Å². The molecule has 2 heterocycles. The normalized spacial score (nSPS) is 16.5. The van der Waals surface area contributed by atoms with Crippen LogP contribution in [0.15, 0.2) is 53.5 Å². The maximum Gasteiger partial charge on any atom is 0.255 e. The van der Waals surface area contributed by atoms with Crippen LogP contribution in [-0.4, -0.2) is 40.9 Å². The summed E-state index contributed by atoms with van der Waals surface area (Å²) >= 11 is 0. The van der Waals surface area contributed by atoms with E-state index in [9.17, 15) is 14.4 Å². The lowest BCUT2D eigenvalue weighted by Crippen LogP contribution is -2.35. The Bertz CT molecular complexity index is 845. The molecule has 0 unspecified atom stereocenters. The average molecular weight is 353 g/mol. The number of hydrogen-bond acceptors (Lipinski definition) is 3. The van der Waals surface area contributed by atoms with Crippen LogP contribution in [0.1, 0.15) is 22.3 Å². The van der Waals surface area contributed by atoms with E-state index in [2.05, 4.69) is 5.32 Å². The maximum absolute atomic E-state index is 12.6. The zero-order valence-corrected chi connectivity index (χ0v) is 14.9. The molecule has 0 spiro atoms. The molecule has 2 aromatic rings. The van der Waals surface area contributed by atoms with E-state index in [1.807, 2.05) is 30.3 Å². The van der Waals surface area contributed by atoms with Gasteiger partial charge in [0.2, 0.25) is 11.5 Å². The van der Waals surface area contributed by atoms with Gasteiger partial charge < -0.3 is 14.8 Å². The third-order valence-electron chi connectivity index (χ3n) is 4.73. The van der Waals surface area contributed by atoms with Crippen LogP contribution < -0.4 is 10.9 Å². The van der Waals surface area contributed by atoms with E-state index >= 15 is 0 Å². The van der Waals surface area contributed by atoms with Gasteiger partial charge in [-0.3, -0.25) is 14.4 Å². The summed E-state index contributed by atoms with van der Waals surface area (Å²) in [5.74, 6) is -0.320. The van der Waals surface area contributed by atoms with Crippen LogP contribution in [0.5, 0.6) is 0 Å². The molecule has 136 valence electrons. The Morgan fingerprint density at radius 3 is 2.65 bits per heavy atom. The number of hydrogen-bond donors (Lipinski definition) is 1. The predicted molar refractivity (Wildman–Crippen MR) is 98.8 cm³/mol. The molecule has 6 heteroatoms. The number of pyridine rings is 1. The summed E-state index contributed by atoms with van der Waals surface area (Å²) in [4.78, 5) is 38.0. The van der Waals surface area contributed by atoms with Crippen molar-refractivity contribution in [3.8, 4) is 0 Å². The van der Waals surface area contributed by atoms with Crippen molar-refractivity contribution in [2.24, 2.45) is 13.0 Å². The van der Waals surface area contributed by atoms with E-state index < -0.39 is 0 Å². The van der Waals surface area contributed by atoms with Crippen molar-refractivity contribution in [3.63, 3.8) is 0 Å². The van der Waals surface area contributed by atoms with Crippen LogP contribution in [0.4, 0.5) is 0 Å². The average Bonchev–Trinajstić information content (AvgIpc) is 3.14. The Labute approximate surface area is 152 Å². The molecule has 1 saturated heterocycles. The van der Waals surface area contributed by atoms with E-state index in [4.69, 9.17) is 0 Å². The minimum absolute atomic E-state index is 0.00306. The molecule has 0 aliphatic carbocycles. The summed E-state index contributed by atoms with van der Waals surface area (Å²) in [5.41, 5.74) is 1.50. The van der Waals surface area contributed by atoms with Gasteiger partial charge in [0, 0.05) is 38.9 Å². The first-order valence-corrected chi connectivity index (χ1v) is 8.82. The van der Waals surface area contributed by atoms with Crippen molar-refractivity contribution in [2.75, 3.05) is 19.6 Å². The van der Waals surface area contributed by atoms with Crippen LogP contribution >= 0.6 is 0 Å². The molecule has 1 atom stereocenters. The lowest BCUT2D eigenvalue weighted by Gasteiger charge is -2.17. The SMILES string of the molecule is Cn1cc(C(=O)N2CC[C@H](C(=O)NCCc3ccccc3)C2)ccc1=O. The Kier molecular flexibility index (Phi) is 5.51. The van der Waals surface area contributed by atoms with Crippen molar-refractivity contribution in [2.45, 2.75) is 12.8 Å². The number of likely N-dealkylation sites (tertiary alicyclic amines) is 1. The molecule has 1 aromatic carbocycles. The van der Waals surface area contributed by atoms with Crippen molar-refractivity contribution in [3.05, 3.63) is 70.1 Å². The van der Waals surface area contributed by atoms with Crippen molar-refractivity contribution in [1.29, 1.82) is 0 Å². The second-order valence-corrected chi connectivity index (χ2v) is 6.63. The van der Waals surface area contributed by atoms with Gasteiger partial charge in [-0.2, -0.15) is 0 Å². The molecule has 2 amide bonds. The molecule has 0 bridgehead atoms. The zero-order chi connectivity index (χ0) is 18.5. The third-order valence-corrected chi connectivity index (χ3v) is 4.73. The molecule has 1 aliphatic rings. The molecular weight excluding hydrogens is 330 g/mol. The maximum atomic E-state index is 12.6. The number of aromatic nitrogens is 1. The summed E-state index contributed by atoms with van der Waals surface area (Å²) in [5, 5.41) is 2.97. The van der Waals surface area contributed by atoms with Gasteiger partial charge in [-0.15, -0.1) is 0 Å². The second-order valence-electron chi connectivity index (χ2n) is 6.63. The lowest BCUT2D eigenvalue weighted by molar-refractivity contribution is -0.124. The molecule has 1 N–H and O–H groups in total. The van der Waals surface area contributed by atoms with Gasteiger partial charge in [0.05, 0.1) is 11.5 Å². The number of nitrogens with one attached hydrogen (secondary N) is 1. The Morgan fingerprint density at radius 2 is 1.92 bits per heavy atom. The van der Waals surface area contributed by atoms with E-state index in [-0.39, 0.29) is 23.3 Å². The second kappa shape index (κ2) is 7.99. The highest BCUT2D eigenvalue weighted by Gasteiger charge is 2.31. The van der Waals surface area contributed by atoms with Crippen molar-refractivity contribution >= 4 is 11.8 Å². The van der Waals surface area contributed by atoms with Crippen LogP contribution in [-0.2, 0) is 18.3 Å². The first-order chi connectivity index (χ1) is 12.5. The highest BCUT2D eigenvalue weighted by Crippen LogP contribution is 2.18. The van der Waals surface area contributed by atoms with Gasteiger partial charge in [0.15, 0.2) is 0 Å². The molecule has 26 heavy (non-hydrogen) atoms. The summed E-state index contributed by atoms with van der Waals surface area (Å²) in [6.45, 7) is 1.56. The summed E-state index contributed by atoms with van der Waals surface area (Å²) < 4.78 is 1.39. The number of carbonyl (C=O) groups is 2. The first-order valence-electron chi connectivity index (χ1n) is 8.82. The lowest BCUT2D eigenvalue weighted by atomic mass is 10.1.